The number of hydrogen-bond acceptors (Lipinski definition) is 15. The second kappa shape index (κ2) is 25.0. The van der Waals surface area contributed by atoms with Gasteiger partial charge in [-0.1, -0.05) is 19.1 Å². The van der Waals surface area contributed by atoms with Gasteiger partial charge in [-0.05, 0) is 18.6 Å². The second-order valence-electron chi connectivity index (χ2n) is 9.03. The Morgan fingerprint density at radius 3 is 1.33 bits per heavy atom. The van der Waals surface area contributed by atoms with E-state index in [1.807, 2.05) is 19.1 Å². The van der Waals surface area contributed by atoms with Crippen molar-refractivity contribution in [1.82, 2.24) is 0 Å². The summed E-state index contributed by atoms with van der Waals surface area (Å²) in [5.41, 5.74) is 0. The standard InChI is InChI=1S/C31H46O14S/c1-4-10-37-12-13-40-19-22-44-26-27(29(31(34)36-3)46-28(26)30(33)35-2)45-23-20-41-17-15-38-14-16-39-18-21-43-25-8-6-5-7-24(25)42-11-9-32/h5-8,32H,4,9-23H2,1-3H3. The van der Waals surface area contributed by atoms with Gasteiger partial charge in [-0.2, -0.15) is 0 Å². The van der Waals surface area contributed by atoms with Crippen molar-refractivity contribution >= 4 is 23.3 Å². The summed E-state index contributed by atoms with van der Waals surface area (Å²) in [6.45, 7) is 6.36. The number of thiophene rings is 1. The average Bonchev–Trinajstić information content (AvgIpc) is 3.44. The summed E-state index contributed by atoms with van der Waals surface area (Å²) in [5.74, 6) is -0.0486. The van der Waals surface area contributed by atoms with E-state index in [2.05, 4.69) is 0 Å². The number of para-hydroxylation sites is 2. The van der Waals surface area contributed by atoms with Gasteiger partial charge in [0.05, 0.1) is 80.3 Å². The van der Waals surface area contributed by atoms with Crippen LogP contribution in [0.25, 0.3) is 0 Å². The Balaban J connectivity index is 1.68. The molecule has 0 fully saturated rings. The zero-order valence-corrected chi connectivity index (χ0v) is 27.6. The minimum absolute atomic E-state index is 0.0692. The first kappa shape index (κ1) is 39.0. The van der Waals surface area contributed by atoms with Crippen LogP contribution in [0.2, 0.25) is 0 Å². The van der Waals surface area contributed by atoms with Crippen molar-refractivity contribution in [2.45, 2.75) is 13.3 Å². The van der Waals surface area contributed by atoms with E-state index in [0.29, 0.717) is 71.0 Å². The first-order valence-corrected chi connectivity index (χ1v) is 15.8. The average molecular weight is 675 g/mol. The molecule has 0 saturated heterocycles. The van der Waals surface area contributed by atoms with Crippen LogP contribution in [0, 0.1) is 0 Å². The molecule has 0 radical (unpaired) electrons. The summed E-state index contributed by atoms with van der Waals surface area (Å²) in [7, 11) is 2.47. The highest BCUT2D eigenvalue weighted by Gasteiger charge is 2.30. The number of aliphatic hydroxyl groups excluding tert-OH is 1. The smallest absolute Gasteiger partial charge is 0.352 e. The molecule has 0 unspecified atom stereocenters. The molecule has 46 heavy (non-hydrogen) atoms. The van der Waals surface area contributed by atoms with Crippen LogP contribution in [0.15, 0.2) is 24.3 Å². The van der Waals surface area contributed by atoms with Crippen molar-refractivity contribution < 1.29 is 66.8 Å². The normalized spacial score (nSPS) is 10.9. The summed E-state index contributed by atoms with van der Waals surface area (Å²) in [6, 6.07) is 7.22. The van der Waals surface area contributed by atoms with Crippen molar-refractivity contribution in [1.29, 1.82) is 0 Å². The van der Waals surface area contributed by atoms with E-state index in [-0.39, 0.29) is 60.9 Å². The third-order valence-corrected chi connectivity index (χ3v) is 6.77. The van der Waals surface area contributed by atoms with E-state index in [1.54, 1.807) is 12.1 Å². The lowest BCUT2D eigenvalue weighted by molar-refractivity contribution is 0.00458. The number of aliphatic hydroxyl groups is 1. The summed E-state index contributed by atoms with van der Waals surface area (Å²) >= 11 is 0.861. The van der Waals surface area contributed by atoms with E-state index in [4.69, 9.17) is 57.2 Å². The van der Waals surface area contributed by atoms with E-state index < -0.39 is 11.9 Å². The molecule has 0 atom stereocenters. The maximum absolute atomic E-state index is 12.4. The Bertz CT molecular complexity index is 1110. The third kappa shape index (κ3) is 14.9. The summed E-state index contributed by atoms with van der Waals surface area (Å²) < 4.78 is 60.0. The van der Waals surface area contributed by atoms with Crippen molar-refractivity contribution in [3.8, 4) is 23.0 Å². The Kier molecular flexibility index (Phi) is 21.2. The van der Waals surface area contributed by atoms with Crippen molar-refractivity contribution in [2.75, 3.05) is 113 Å². The Hall–Kier alpha value is -3.18. The van der Waals surface area contributed by atoms with Gasteiger partial charge in [-0.15, -0.1) is 11.3 Å². The van der Waals surface area contributed by atoms with E-state index in [9.17, 15) is 9.59 Å². The molecule has 0 aliphatic carbocycles. The molecular weight excluding hydrogens is 628 g/mol. The minimum atomic E-state index is -0.677. The van der Waals surface area contributed by atoms with Crippen molar-refractivity contribution in [3.05, 3.63) is 34.0 Å². The fourth-order valence-electron chi connectivity index (χ4n) is 3.59. The molecule has 260 valence electrons. The van der Waals surface area contributed by atoms with Gasteiger partial charge >= 0.3 is 11.9 Å². The molecule has 0 saturated carbocycles. The van der Waals surface area contributed by atoms with Crippen LogP contribution < -0.4 is 18.9 Å². The molecule has 2 aromatic rings. The van der Waals surface area contributed by atoms with Crippen molar-refractivity contribution in [2.24, 2.45) is 0 Å². The van der Waals surface area contributed by atoms with Gasteiger partial charge in [-0.3, -0.25) is 0 Å². The monoisotopic (exact) mass is 674 g/mol. The fraction of sp³-hybridized carbons (Fsp3) is 0.613. The SMILES string of the molecule is CCCOCCOCCOc1c(C(=O)OC)sc(C(=O)OC)c1OCCOCCOCCOCCOc1ccccc1OCCO. The lowest BCUT2D eigenvalue weighted by atomic mass is 10.3. The largest absolute Gasteiger partial charge is 0.487 e. The van der Waals surface area contributed by atoms with Gasteiger partial charge in [0, 0.05) is 6.61 Å². The number of carbonyl (C=O) groups excluding carboxylic acids is 2. The summed E-state index contributed by atoms with van der Waals surface area (Å²) in [6.07, 6.45) is 0.927. The van der Waals surface area contributed by atoms with Crippen LogP contribution in [0.3, 0.4) is 0 Å². The molecular formula is C31H46O14S. The number of esters is 2. The Labute approximate surface area is 273 Å². The summed E-state index contributed by atoms with van der Waals surface area (Å²) in [5, 5.41) is 8.93. The van der Waals surface area contributed by atoms with Crippen molar-refractivity contribution in [3.63, 3.8) is 0 Å². The Morgan fingerprint density at radius 1 is 0.565 bits per heavy atom. The summed E-state index contributed by atoms with van der Waals surface area (Å²) in [4.78, 5) is 25.0. The molecule has 0 aliphatic heterocycles. The molecule has 14 nitrogen and oxygen atoms in total. The minimum Gasteiger partial charge on any atom is -0.487 e. The molecule has 1 heterocycles. The second-order valence-corrected chi connectivity index (χ2v) is 10.0. The number of benzene rings is 1. The lowest BCUT2D eigenvalue weighted by Gasteiger charge is -2.13. The van der Waals surface area contributed by atoms with Crippen LogP contribution in [-0.4, -0.2) is 130 Å². The number of ether oxygens (including phenoxy) is 11. The predicted molar refractivity (Wildman–Crippen MR) is 167 cm³/mol. The Morgan fingerprint density at radius 2 is 0.935 bits per heavy atom. The molecule has 1 aromatic heterocycles. The maximum atomic E-state index is 12.4. The molecule has 0 aliphatic rings. The molecule has 1 aromatic carbocycles. The molecule has 2 rings (SSSR count). The van der Waals surface area contributed by atoms with E-state index in [1.165, 1.54) is 14.2 Å². The van der Waals surface area contributed by atoms with Gasteiger partial charge in [-0.25, -0.2) is 9.59 Å². The molecule has 0 amide bonds. The van der Waals surface area contributed by atoms with Gasteiger partial charge in [0.1, 0.15) is 26.4 Å². The molecule has 0 bridgehead atoms. The zero-order valence-electron chi connectivity index (χ0n) is 26.8. The fourth-order valence-corrected chi connectivity index (χ4v) is 4.61. The highest BCUT2D eigenvalue weighted by molar-refractivity contribution is 7.16. The van der Waals surface area contributed by atoms with Gasteiger partial charge in [0.15, 0.2) is 32.8 Å². The third-order valence-electron chi connectivity index (χ3n) is 5.66. The van der Waals surface area contributed by atoms with Crippen LogP contribution in [0.5, 0.6) is 23.0 Å². The van der Waals surface area contributed by atoms with E-state index >= 15 is 0 Å². The lowest BCUT2D eigenvalue weighted by Crippen LogP contribution is -2.15. The molecule has 1 N–H and O–H groups in total. The van der Waals surface area contributed by atoms with Crippen LogP contribution >= 0.6 is 11.3 Å². The van der Waals surface area contributed by atoms with Crippen LogP contribution in [0.4, 0.5) is 0 Å². The quantitative estimate of drug-likeness (QED) is 0.104. The number of carbonyl (C=O) groups is 2. The van der Waals surface area contributed by atoms with Gasteiger partial charge in [0.2, 0.25) is 0 Å². The predicted octanol–water partition coefficient (Wildman–Crippen LogP) is 3.02. The molecule has 15 heteroatoms. The highest BCUT2D eigenvalue weighted by Crippen LogP contribution is 2.43. The van der Waals surface area contributed by atoms with Gasteiger partial charge < -0.3 is 57.2 Å². The number of methoxy groups -OCH3 is 2. The first-order valence-electron chi connectivity index (χ1n) is 15.0. The van der Waals surface area contributed by atoms with Crippen LogP contribution in [0.1, 0.15) is 32.7 Å². The van der Waals surface area contributed by atoms with Gasteiger partial charge in [0.25, 0.3) is 0 Å². The number of hydrogen-bond donors (Lipinski definition) is 1. The first-order chi connectivity index (χ1) is 22.6. The topological polar surface area (TPSA) is 156 Å². The highest BCUT2D eigenvalue weighted by atomic mass is 32.1. The van der Waals surface area contributed by atoms with E-state index in [0.717, 1.165) is 17.8 Å². The number of rotatable bonds is 28. The maximum Gasteiger partial charge on any atom is 0.352 e. The molecule has 0 spiro atoms. The zero-order chi connectivity index (χ0) is 33.2. The van der Waals surface area contributed by atoms with Crippen LogP contribution in [-0.2, 0) is 33.2 Å².